The second-order valence-electron chi connectivity index (χ2n) is 3.63. The summed E-state index contributed by atoms with van der Waals surface area (Å²) in [6.45, 7) is 3.57. The Balaban J connectivity index is 2.36. The van der Waals surface area contributed by atoms with Crippen molar-refractivity contribution in [1.82, 2.24) is 0 Å². The second-order valence-corrected chi connectivity index (χ2v) is 5.18. The molecule has 0 heterocycles. The molecule has 84 valence electrons. The first-order valence-corrected chi connectivity index (χ1v) is 5.66. The molecule has 5 heteroatoms. The van der Waals surface area contributed by atoms with Gasteiger partial charge in [-0.15, -0.1) is 0 Å². The van der Waals surface area contributed by atoms with Crippen molar-refractivity contribution in [3.05, 3.63) is 12.1 Å². The van der Waals surface area contributed by atoms with Gasteiger partial charge in [-0.25, -0.2) is 0 Å². The Morgan fingerprint density at radius 3 is 2.53 bits per heavy atom. The minimum Gasteiger partial charge on any atom is -0.431 e. The van der Waals surface area contributed by atoms with E-state index >= 15 is 0 Å². The number of hydrogen-bond donors (Lipinski definition) is 0. The maximum Gasteiger partial charge on any atom is 0.313 e. The first kappa shape index (κ1) is 12.2. The van der Waals surface area contributed by atoms with Crippen molar-refractivity contribution in [1.29, 1.82) is 0 Å². The van der Waals surface area contributed by atoms with Crippen molar-refractivity contribution in [2.45, 2.75) is 31.9 Å². The van der Waals surface area contributed by atoms with Gasteiger partial charge in [-0.05, 0) is 12.8 Å². The van der Waals surface area contributed by atoms with E-state index in [1.165, 1.54) is 0 Å². The van der Waals surface area contributed by atoms with E-state index in [0.29, 0.717) is 6.26 Å². The third kappa shape index (κ3) is 4.46. The molecule has 0 N–H and O–H groups in total. The van der Waals surface area contributed by atoms with E-state index in [4.69, 9.17) is 0 Å². The number of hydrogen-bond acceptors (Lipinski definition) is 4. The van der Waals surface area contributed by atoms with E-state index in [-0.39, 0.29) is 11.2 Å². The van der Waals surface area contributed by atoms with Crippen molar-refractivity contribution in [2.75, 3.05) is 0 Å². The van der Waals surface area contributed by atoms with Crippen LogP contribution >= 0.6 is 11.8 Å². The van der Waals surface area contributed by atoms with E-state index in [2.05, 4.69) is 4.74 Å². The van der Waals surface area contributed by atoms with Crippen molar-refractivity contribution >= 4 is 22.8 Å². The molecular weight excluding hydrogens is 219 g/mol. The van der Waals surface area contributed by atoms with Crippen molar-refractivity contribution in [3.63, 3.8) is 0 Å². The van der Waals surface area contributed by atoms with Crippen LogP contribution in [0.1, 0.15) is 26.7 Å². The molecule has 1 aliphatic rings. The highest BCUT2D eigenvalue weighted by atomic mass is 32.2. The number of carbonyl (C=O) groups is 2. The predicted molar refractivity (Wildman–Crippen MR) is 55.7 cm³/mol. The number of rotatable bonds is 4. The second kappa shape index (κ2) is 5.30. The van der Waals surface area contributed by atoms with E-state index in [9.17, 15) is 14.0 Å². The van der Waals surface area contributed by atoms with E-state index in [0.717, 1.165) is 24.6 Å². The van der Waals surface area contributed by atoms with E-state index in [1.807, 2.05) is 0 Å². The summed E-state index contributed by atoms with van der Waals surface area (Å²) in [5, 5.41) is -0.690. The first-order valence-electron chi connectivity index (χ1n) is 4.78. The monoisotopic (exact) mass is 232 g/mol. The third-order valence-corrected chi connectivity index (χ3v) is 2.61. The van der Waals surface area contributed by atoms with E-state index < -0.39 is 16.9 Å². The van der Waals surface area contributed by atoms with E-state index in [1.54, 1.807) is 13.8 Å². The fourth-order valence-electron chi connectivity index (χ4n) is 0.844. The summed E-state index contributed by atoms with van der Waals surface area (Å²) >= 11 is 0.865. The summed E-state index contributed by atoms with van der Waals surface area (Å²) in [7, 11) is 0. The molecule has 0 spiro atoms. The van der Waals surface area contributed by atoms with Crippen LogP contribution in [0.2, 0.25) is 0 Å². The van der Waals surface area contributed by atoms with Crippen molar-refractivity contribution in [3.8, 4) is 0 Å². The highest BCUT2D eigenvalue weighted by Crippen LogP contribution is 2.30. The SMILES string of the molecule is CC(C)SC(=O)C(F)=COC(=O)C1CC1. The Hall–Kier alpha value is -0.840. The zero-order valence-corrected chi connectivity index (χ0v) is 9.47. The van der Waals surface area contributed by atoms with Gasteiger partial charge in [0.15, 0.2) is 0 Å². The lowest BCUT2D eigenvalue weighted by atomic mass is 10.4. The maximum atomic E-state index is 13.0. The minimum atomic E-state index is -1.01. The molecule has 0 aliphatic heterocycles. The highest BCUT2D eigenvalue weighted by molar-refractivity contribution is 8.14. The van der Waals surface area contributed by atoms with Gasteiger partial charge >= 0.3 is 5.97 Å². The molecule has 0 aromatic heterocycles. The van der Waals surface area contributed by atoms with Gasteiger partial charge in [0.25, 0.3) is 5.12 Å². The summed E-state index contributed by atoms with van der Waals surface area (Å²) in [5.74, 6) is -1.56. The van der Waals surface area contributed by atoms with Gasteiger partial charge in [0.2, 0.25) is 5.83 Å². The number of halogens is 1. The molecule has 0 bridgehead atoms. The van der Waals surface area contributed by atoms with Gasteiger partial charge in [-0.3, -0.25) is 9.59 Å². The molecule has 1 saturated carbocycles. The van der Waals surface area contributed by atoms with Crippen LogP contribution in [0.5, 0.6) is 0 Å². The zero-order chi connectivity index (χ0) is 11.4. The number of carbonyl (C=O) groups excluding carboxylic acids is 2. The van der Waals surface area contributed by atoms with Gasteiger partial charge in [0, 0.05) is 5.25 Å². The lowest BCUT2D eigenvalue weighted by Gasteiger charge is -2.01. The van der Waals surface area contributed by atoms with Crippen LogP contribution < -0.4 is 0 Å². The summed E-state index contributed by atoms with van der Waals surface area (Å²) in [4.78, 5) is 22.1. The molecule has 1 fully saturated rings. The quantitative estimate of drug-likeness (QED) is 0.424. The molecule has 0 aromatic rings. The fraction of sp³-hybridized carbons (Fsp3) is 0.600. The predicted octanol–water partition coefficient (Wildman–Crippen LogP) is 2.42. The third-order valence-electron chi connectivity index (χ3n) is 1.73. The molecule has 0 radical (unpaired) electrons. The zero-order valence-electron chi connectivity index (χ0n) is 8.66. The fourth-order valence-corrected chi connectivity index (χ4v) is 1.43. The average molecular weight is 232 g/mol. The lowest BCUT2D eigenvalue weighted by molar-refractivity contribution is -0.139. The molecule has 0 amide bonds. The molecule has 0 atom stereocenters. The number of esters is 1. The maximum absolute atomic E-state index is 13.0. The van der Waals surface area contributed by atoms with Gasteiger partial charge in [-0.1, -0.05) is 25.6 Å². The van der Waals surface area contributed by atoms with Crippen LogP contribution in [0.3, 0.4) is 0 Å². The molecule has 0 unspecified atom stereocenters. The summed E-state index contributed by atoms with van der Waals surface area (Å²) in [6, 6.07) is 0. The molecule has 1 aliphatic carbocycles. The molecule has 0 saturated heterocycles. The lowest BCUT2D eigenvalue weighted by Crippen LogP contribution is -2.04. The standard InChI is InChI=1S/C10H13FO3S/c1-6(2)15-10(13)8(11)5-14-9(12)7-3-4-7/h5-7H,3-4H2,1-2H3. The number of ether oxygens (including phenoxy) is 1. The molecular formula is C10H13FO3S. The molecule has 3 nitrogen and oxygen atoms in total. The van der Waals surface area contributed by atoms with Crippen LogP contribution in [0.4, 0.5) is 4.39 Å². The van der Waals surface area contributed by atoms with Crippen molar-refractivity contribution in [2.24, 2.45) is 5.92 Å². The van der Waals surface area contributed by atoms with Crippen LogP contribution in [-0.4, -0.2) is 16.3 Å². The van der Waals surface area contributed by atoms with Gasteiger partial charge in [0.05, 0.1) is 5.92 Å². The van der Waals surface area contributed by atoms with Crippen LogP contribution in [-0.2, 0) is 14.3 Å². The van der Waals surface area contributed by atoms with Gasteiger partial charge in [-0.2, -0.15) is 4.39 Å². The van der Waals surface area contributed by atoms with Crippen LogP contribution in [0, 0.1) is 5.92 Å². The Morgan fingerprint density at radius 2 is 2.07 bits per heavy atom. The highest BCUT2D eigenvalue weighted by Gasteiger charge is 2.31. The topological polar surface area (TPSA) is 43.4 Å². The largest absolute Gasteiger partial charge is 0.431 e. The van der Waals surface area contributed by atoms with Crippen molar-refractivity contribution < 1.29 is 18.7 Å². The summed E-state index contributed by atoms with van der Waals surface area (Å²) in [5.41, 5.74) is 0. The summed E-state index contributed by atoms with van der Waals surface area (Å²) in [6.07, 6.45) is 2.20. The summed E-state index contributed by atoms with van der Waals surface area (Å²) < 4.78 is 17.5. The minimum absolute atomic E-state index is 0.00998. The normalized spacial score (nSPS) is 16.7. The Bertz CT molecular complexity index is 295. The van der Waals surface area contributed by atoms with Gasteiger partial charge in [0.1, 0.15) is 6.26 Å². The number of thioether (sulfide) groups is 1. The van der Waals surface area contributed by atoms with Crippen LogP contribution in [0.25, 0.3) is 0 Å². The Morgan fingerprint density at radius 1 is 1.47 bits per heavy atom. The average Bonchev–Trinajstić information content (AvgIpc) is 2.95. The smallest absolute Gasteiger partial charge is 0.313 e. The molecule has 1 rings (SSSR count). The first-order chi connectivity index (χ1) is 7.00. The molecule has 0 aromatic carbocycles. The molecule has 15 heavy (non-hydrogen) atoms. The Labute approximate surface area is 92.1 Å². The Kier molecular flexibility index (Phi) is 4.32. The van der Waals surface area contributed by atoms with Crippen LogP contribution in [0.15, 0.2) is 12.1 Å². The van der Waals surface area contributed by atoms with Gasteiger partial charge < -0.3 is 4.74 Å².